The Hall–Kier alpha value is -2.54. The number of aliphatic hydroxyl groups is 1. The minimum absolute atomic E-state index is 0.0163. The van der Waals surface area contributed by atoms with Crippen molar-refractivity contribution in [3.63, 3.8) is 0 Å². The fraction of sp³-hybridized carbons (Fsp3) is 0.304. The normalized spacial score (nSPS) is 22.9. The second-order valence-corrected chi connectivity index (χ2v) is 8.32. The standard InChI is InChI=1S/C23H21Cl2NO5/c1-30-15-7-4-13(5-8-15)21(27)19-20(17-9-6-14(24)11-18(17)25)26(23(29)22(19)28)12-16-3-2-10-31-16/h4-9,11,16,20,27H,2-3,10,12H2,1H3/t16-,20-/m0/s1. The van der Waals surface area contributed by atoms with E-state index < -0.39 is 17.7 Å². The van der Waals surface area contributed by atoms with Gasteiger partial charge in [-0.2, -0.15) is 0 Å². The van der Waals surface area contributed by atoms with Crippen molar-refractivity contribution in [1.29, 1.82) is 0 Å². The lowest BCUT2D eigenvalue weighted by Gasteiger charge is -2.28. The number of ether oxygens (including phenoxy) is 2. The highest BCUT2D eigenvalue weighted by atomic mass is 35.5. The van der Waals surface area contributed by atoms with Crippen molar-refractivity contribution in [2.24, 2.45) is 0 Å². The van der Waals surface area contributed by atoms with Gasteiger partial charge in [-0.25, -0.2) is 0 Å². The fourth-order valence-corrected chi connectivity index (χ4v) is 4.54. The predicted molar refractivity (Wildman–Crippen MR) is 117 cm³/mol. The molecule has 2 fully saturated rings. The van der Waals surface area contributed by atoms with Crippen LogP contribution in [0.15, 0.2) is 48.0 Å². The van der Waals surface area contributed by atoms with Crippen molar-refractivity contribution in [3.8, 4) is 5.75 Å². The maximum atomic E-state index is 13.0. The zero-order chi connectivity index (χ0) is 22.1. The molecule has 2 aromatic carbocycles. The van der Waals surface area contributed by atoms with Gasteiger partial charge in [0.2, 0.25) is 0 Å². The number of ketones is 1. The highest BCUT2D eigenvalue weighted by molar-refractivity contribution is 6.47. The summed E-state index contributed by atoms with van der Waals surface area (Å²) in [6, 6.07) is 10.6. The number of likely N-dealkylation sites (tertiary alicyclic amines) is 1. The van der Waals surface area contributed by atoms with Gasteiger partial charge in [-0.3, -0.25) is 9.59 Å². The molecule has 2 aliphatic rings. The van der Waals surface area contributed by atoms with E-state index in [0.29, 0.717) is 33.5 Å². The van der Waals surface area contributed by atoms with Crippen molar-refractivity contribution in [1.82, 2.24) is 4.90 Å². The Balaban J connectivity index is 1.84. The average Bonchev–Trinajstić information content (AvgIpc) is 3.36. The predicted octanol–water partition coefficient (Wildman–Crippen LogP) is 4.60. The van der Waals surface area contributed by atoms with Crippen molar-refractivity contribution >= 4 is 40.7 Å². The fourth-order valence-electron chi connectivity index (χ4n) is 4.03. The van der Waals surface area contributed by atoms with Crippen LogP contribution in [0.25, 0.3) is 5.76 Å². The Morgan fingerprint density at radius 3 is 2.55 bits per heavy atom. The van der Waals surface area contributed by atoms with Crippen molar-refractivity contribution in [2.75, 3.05) is 20.3 Å². The van der Waals surface area contributed by atoms with E-state index in [-0.39, 0.29) is 24.0 Å². The first-order valence-electron chi connectivity index (χ1n) is 9.90. The zero-order valence-corrected chi connectivity index (χ0v) is 18.3. The van der Waals surface area contributed by atoms with E-state index in [1.165, 1.54) is 12.0 Å². The molecular formula is C23H21Cl2NO5. The lowest BCUT2D eigenvalue weighted by Crippen LogP contribution is -2.36. The van der Waals surface area contributed by atoms with Gasteiger partial charge in [0, 0.05) is 28.8 Å². The number of hydrogen-bond donors (Lipinski definition) is 1. The van der Waals surface area contributed by atoms with Gasteiger partial charge < -0.3 is 19.5 Å². The van der Waals surface area contributed by atoms with Gasteiger partial charge in [0.05, 0.1) is 24.8 Å². The molecule has 2 atom stereocenters. The summed E-state index contributed by atoms with van der Waals surface area (Å²) in [5.74, 6) is -1.12. The lowest BCUT2D eigenvalue weighted by molar-refractivity contribution is -0.140. The van der Waals surface area contributed by atoms with Crippen LogP contribution in [-0.4, -0.2) is 48.1 Å². The third-order valence-corrected chi connectivity index (χ3v) is 6.15. The Kier molecular flexibility index (Phi) is 6.23. The Bertz CT molecular complexity index is 1040. The van der Waals surface area contributed by atoms with Gasteiger partial charge in [0.1, 0.15) is 11.5 Å². The van der Waals surface area contributed by atoms with E-state index in [4.69, 9.17) is 32.7 Å². The molecule has 1 amide bonds. The molecule has 2 saturated heterocycles. The van der Waals surface area contributed by atoms with Gasteiger partial charge in [0.15, 0.2) is 0 Å². The van der Waals surface area contributed by atoms with Crippen LogP contribution in [0.2, 0.25) is 10.0 Å². The number of carbonyl (C=O) groups is 2. The molecule has 0 bridgehead atoms. The minimum Gasteiger partial charge on any atom is -0.507 e. The third-order valence-electron chi connectivity index (χ3n) is 5.58. The van der Waals surface area contributed by atoms with E-state index in [1.807, 2.05) is 0 Å². The summed E-state index contributed by atoms with van der Waals surface area (Å²) in [4.78, 5) is 27.5. The van der Waals surface area contributed by atoms with Crippen molar-refractivity contribution in [3.05, 3.63) is 69.2 Å². The molecule has 0 unspecified atom stereocenters. The molecule has 1 N–H and O–H groups in total. The summed E-state index contributed by atoms with van der Waals surface area (Å²) in [6.45, 7) is 0.848. The van der Waals surface area contributed by atoms with E-state index >= 15 is 0 Å². The van der Waals surface area contributed by atoms with Crippen LogP contribution in [0.1, 0.15) is 30.0 Å². The highest BCUT2D eigenvalue weighted by Crippen LogP contribution is 2.43. The molecule has 0 radical (unpaired) electrons. The summed E-state index contributed by atoms with van der Waals surface area (Å²) < 4.78 is 10.8. The summed E-state index contributed by atoms with van der Waals surface area (Å²) in [5, 5.41) is 11.8. The number of hydrogen-bond acceptors (Lipinski definition) is 5. The third kappa shape index (κ3) is 4.15. The zero-order valence-electron chi connectivity index (χ0n) is 16.8. The molecule has 0 saturated carbocycles. The van der Waals surface area contributed by atoms with E-state index in [9.17, 15) is 14.7 Å². The number of carbonyl (C=O) groups excluding carboxylic acids is 2. The van der Waals surface area contributed by atoms with Gasteiger partial charge in [-0.1, -0.05) is 29.3 Å². The molecule has 0 aliphatic carbocycles. The summed E-state index contributed by atoms with van der Waals surface area (Å²) in [7, 11) is 1.54. The molecule has 31 heavy (non-hydrogen) atoms. The van der Waals surface area contributed by atoms with Crippen LogP contribution < -0.4 is 4.74 Å². The van der Waals surface area contributed by atoms with Gasteiger partial charge in [-0.15, -0.1) is 0 Å². The molecule has 8 heteroatoms. The van der Waals surface area contributed by atoms with Gasteiger partial charge >= 0.3 is 0 Å². The second kappa shape index (κ2) is 8.91. The molecule has 0 aromatic heterocycles. The maximum absolute atomic E-state index is 13.0. The van der Waals surface area contributed by atoms with E-state index in [0.717, 1.165) is 12.8 Å². The summed E-state index contributed by atoms with van der Waals surface area (Å²) >= 11 is 12.5. The quantitative estimate of drug-likeness (QED) is 0.399. The smallest absolute Gasteiger partial charge is 0.295 e. The summed E-state index contributed by atoms with van der Waals surface area (Å²) in [6.07, 6.45) is 1.52. The van der Waals surface area contributed by atoms with Crippen molar-refractivity contribution in [2.45, 2.75) is 25.0 Å². The molecule has 2 aliphatic heterocycles. The number of aliphatic hydroxyl groups excluding tert-OH is 1. The van der Waals surface area contributed by atoms with Crippen LogP contribution >= 0.6 is 23.2 Å². The SMILES string of the molecule is COc1ccc(C(O)=C2C(=O)C(=O)N(C[C@@H]3CCCO3)[C@H]2c2ccc(Cl)cc2Cl)cc1. The molecule has 2 aromatic rings. The van der Waals surface area contributed by atoms with Gasteiger partial charge in [-0.05, 0) is 54.8 Å². The first-order valence-corrected chi connectivity index (χ1v) is 10.7. The van der Waals surface area contributed by atoms with Crippen molar-refractivity contribution < 1.29 is 24.2 Å². The number of amides is 1. The average molecular weight is 462 g/mol. The first-order chi connectivity index (χ1) is 14.9. The molecule has 0 spiro atoms. The molecular weight excluding hydrogens is 441 g/mol. The summed E-state index contributed by atoms with van der Waals surface area (Å²) in [5.41, 5.74) is 0.890. The lowest BCUT2D eigenvalue weighted by atomic mass is 9.95. The van der Waals surface area contributed by atoms with Crippen LogP contribution in [0.5, 0.6) is 5.75 Å². The number of Topliss-reactive ketones (excluding diaryl/α,β-unsaturated/α-hetero) is 1. The van der Waals surface area contributed by atoms with E-state index in [2.05, 4.69) is 0 Å². The topological polar surface area (TPSA) is 76.1 Å². The van der Waals surface area contributed by atoms with E-state index in [1.54, 1.807) is 42.5 Å². The Morgan fingerprint density at radius 1 is 1.19 bits per heavy atom. The number of benzene rings is 2. The molecule has 4 rings (SSSR count). The van der Waals surface area contributed by atoms with Crippen LogP contribution in [0.3, 0.4) is 0 Å². The van der Waals surface area contributed by atoms with Crippen LogP contribution in [-0.2, 0) is 14.3 Å². The number of methoxy groups -OCH3 is 1. The molecule has 2 heterocycles. The van der Waals surface area contributed by atoms with Gasteiger partial charge in [0.25, 0.3) is 11.7 Å². The highest BCUT2D eigenvalue weighted by Gasteiger charge is 2.47. The second-order valence-electron chi connectivity index (χ2n) is 7.48. The molecule has 162 valence electrons. The minimum atomic E-state index is -0.851. The Morgan fingerprint density at radius 2 is 1.94 bits per heavy atom. The maximum Gasteiger partial charge on any atom is 0.295 e. The Labute approximate surface area is 190 Å². The number of nitrogens with zero attached hydrogens (tertiary/aromatic N) is 1. The van der Waals surface area contributed by atoms with Crippen LogP contribution in [0.4, 0.5) is 0 Å². The number of halogens is 2. The first kappa shape index (κ1) is 21.7. The number of rotatable bonds is 5. The molecule has 6 nitrogen and oxygen atoms in total. The van der Waals surface area contributed by atoms with Crippen LogP contribution in [0, 0.1) is 0 Å². The largest absolute Gasteiger partial charge is 0.507 e. The monoisotopic (exact) mass is 461 g/mol.